The smallest absolute Gasteiger partial charge is 0.412 e. The molecule has 0 amide bonds. The topological polar surface area (TPSA) is 65.6 Å². The largest absolute Gasteiger partial charge is 0.549 e. The molecule has 0 aliphatic rings. The molecule has 30 valence electrons. The van der Waals surface area contributed by atoms with E-state index in [0.29, 0.717) is 0 Å². The Hall–Kier alpha value is 0.309. The minimum atomic E-state index is -1.42. The fourth-order valence-corrected chi connectivity index (χ4v) is 0. The second-order valence-electron chi connectivity index (χ2n) is 0.0833. The van der Waals surface area contributed by atoms with Crippen LogP contribution in [0.15, 0.2) is 0 Å². The lowest BCUT2D eigenvalue weighted by Crippen LogP contribution is -1.26. The van der Waals surface area contributed by atoms with Crippen LogP contribution >= 0.6 is 0 Å². The molecule has 0 saturated carbocycles. The third-order valence-electron chi connectivity index (χ3n) is 0. The average Bonchev–Trinajstić information content (AvgIpc) is 0.918. The van der Waals surface area contributed by atoms with Gasteiger partial charge in [0.05, 0.1) is 0 Å². The Kier molecular flexibility index (Phi) is 102. The van der Waals surface area contributed by atoms with Crippen LogP contribution in [0.3, 0.4) is 0 Å². The first-order valence-electron chi connectivity index (χ1n) is 0.408. The van der Waals surface area contributed by atoms with Gasteiger partial charge < -0.3 is 5.48 Å². The first-order valence-corrected chi connectivity index (χ1v) is 1.22. The highest BCUT2D eigenvalue weighted by molar-refractivity contribution is 5.94. The van der Waals surface area contributed by atoms with Gasteiger partial charge in [-0.25, -0.2) is 0 Å². The maximum atomic E-state index is 8.40. The molecule has 5 heteroatoms. The van der Waals surface area contributed by atoms with E-state index < -0.39 is 9.29 Å². The molecule has 5 heavy (non-hydrogen) atoms. The predicted octanol–water partition coefficient (Wildman–Crippen LogP) is -2.63. The molecule has 3 nitrogen and oxygen atoms in total. The van der Waals surface area contributed by atoms with Crippen LogP contribution in [0.4, 0.5) is 0 Å². The van der Waals surface area contributed by atoms with E-state index in [0.717, 1.165) is 0 Å². The van der Waals surface area contributed by atoms with Crippen molar-refractivity contribution in [2.75, 3.05) is 0 Å². The van der Waals surface area contributed by atoms with E-state index in [2.05, 4.69) is 0 Å². The second-order valence-corrected chi connectivity index (χ2v) is 0.250. The Morgan fingerprint density at radius 2 is 1.20 bits per heavy atom. The zero-order valence-corrected chi connectivity index (χ0v) is 2.82. The molecule has 0 rings (SSSR count). The van der Waals surface area contributed by atoms with Crippen molar-refractivity contribution in [3.05, 3.63) is 0 Å². The van der Waals surface area contributed by atoms with Gasteiger partial charge in [0.25, 0.3) is 0 Å². The van der Waals surface area contributed by atoms with Gasteiger partial charge in [-0.05, 0) is 0 Å². The van der Waals surface area contributed by atoms with Crippen LogP contribution in [0.5, 0.6) is 0 Å². The Labute approximate surface area is 41.8 Å². The van der Waals surface area contributed by atoms with Gasteiger partial charge >= 0.3 is 9.29 Å². The van der Waals surface area contributed by atoms with Crippen LogP contribution < -0.4 is 0 Å². The summed E-state index contributed by atoms with van der Waals surface area (Å²) in [5, 5.41) is 0. The zero-order chi connectivity index (χ0) is 2.71. The molecule has 0 atom stereocenters. The van der Waals surface area contributed by atoms with Gasteiger partial charge in [0, 0.05) is 0 Å². The van der Waals surface area contributed by atoms with E-state index >= 15 is 0 Å². The van der Waals surface area contributed by atoms with Crippen molar-refractivity contribution in [1.29, 1.82) is 0 Å². The molecule has 0 unspecified atom stereocenters. The summed E-state index contributed by atoms with van der Waals surface area (Å²) in [6.07, 6.45) is 0. The van der Waals surface area contributed by atoms with Crippen LogP contribution in [-0.2, 0) is 8.92 Å². The highest BCUT2D eigenvalue weighted by Gasteiger charge is 1.22. The minimum absolute atomic E-state index is 0. The van der Waals surface area contributed by atoms with Crippen molar-refractivity contribution < 1.29 is 14.4 Å². The van der Waals surface area contributed by atoms with Gasteiger partial charge in [-0.2, -0.15) is 0 Å². The predicted molar refractivity (Wildman–Crippen MR) is 20.7 cm³/mol. The number of rotatable bonds is 0. The molecule has 0 aromatic heterocycles. The van der Waals surface area contributed by atoms with Crippen LogP contribution in [0, 0.1) is 0 Å². The van der Waals surface area contributed by atoms with Gasteiger partial charge in [-0.3, -0.25) is 8.92 Å². The molecular formula is H5AlO3Si. The van der Waals surface area contributed by atoms with Crippen LogP contribution in [-0.4, -0.2) is 32.1 Å². The van der Waals surface area contributed by atoms with Gasteiger partial charge in [0.2, 0.25) is 0 Å². The summed E-state index contributed by atoms with van der Waals surface area (Å²) in [4.78, 5) is 0. The molecule has 0 spiro atoms. The fourth-order valence-electron chi connectivity index (χ4n) is 0. The molecule has 0 saturated heterocycles. The molecule has 0 aliphatic carbocycles. The summed E-state index contributed by atoms with van der Waals surface area (Å²) >= 11 is 0. The fraction of sp³-hybridized carbons (Fsp3) is 0. The number of hydrogen-bond donors (Lipinski definition) is 0. The third kappa shape index (κ3) is 240. The summed E-state index contributed by atoms with van der Waals surface area (Å²) < 4.78 is 16.8. The monoisotopic (exact) mass is 108 g/mol. The normalized spacial score (nSPS) is 1.60. The molecule has 0 aliphatic heterocycles. The van der Waals surface area contributed by atoms with E-state index in [1.807, 2.05) is 0 Å². The van der Waals surface area contributed by atoms with Crippen LogP contribution in [0.25, 0.3) is 0 Å². The van der Waals surface area contributed by atoms with Gasteiger partial charge in [-0.15, -0.1) is 0 Å². The maximum Gasteiger partial charge on any atom is 0.549 e. The van der Waals surface area contributed by atoms with Crippen LogP contribution in [0.2, 0.25) is 0 Å². The average molecular weight is 108 g/mol. The summed E-state index contributed by atoms with van der Waals surface area (Å²) in [6.45, 7) is 0. The van der Waals surface area contributed by atoms with Crippen molar-refractivity contribution in [2.45, 2.75) is 0 Å². The number of hydrogen-bond acceptors (Lipinski definition) is 2. The molecule has 2 N–H and O–H groups in total. The molecule has 0 bridgehead atoms. The van der Waals surface area contributed by atoms with Gasteiger partial charge in [0.1, 0.15) is 0 Å². The maximum absolute atomic E-state index is 8.40. The summed E-state index contributed by atoms with van der Waals surface area (Å²) in [6, 6.07) is 0. The summed E-state index contributed by atoms with van der Waals surface area (Å²) in [5.41, 5.74) is 0. The van der Waals surface area contributed by atoms with E-state index in [9.17, 15) is 0 Å². The van der Waals surface area contributed by atoms with Crippen molar-refractivity contribution >= 4 is 26.7 Å². The quantitative estimate of drug-likeness (QED) is 0.319. The highest BCUT2D eigenvalue weighted by Crippen LogP contribution is 0.759. The SMILES string of the molecule is O.O=[Si]=O.[AlH3]. The van der Waals surface area contributed by atoms with Gasteiger partial charge in [-0.1, -0.05) is 0 Å². The summed E-state index contributed by atoms with van der Waals surface area (Å²) in [7, 11) is -1.42. The van der Waals surface area contributed by atoms with E-state index in [-0.39, 0.29) is 22.8 Å². The van der Waals surface area contributed by atoms with E-state index in [4.69, 9.17) is 8.92 Å². The molecule has 0 aromatic rings. The Morgan fingerprint density at radius 3 is 1.20 bits per heavy atom. The zero-order valence-electron chi connectivity index (χ0n) is 1.82. The Balaban J connectivity index is -0.0000000200. The molecule has 0 radical (unpaired) electrons. The molecule has 0 aromatic carbocycles. The van der Waals surface area contributed by atoms with Crippen LogP contribution in [0.1, 0.15) is 0 Å². The highest BCUT2D eigenvalue weighted by atomic mass is 28.2. The van der Waals surface area contributed by atoms with Gasteiger partial charge in [0.15, 0.2) is 17.4 Å². The van der Waals surface area contributed by atoms with Crippen molar-refractivity contribution in [1.82, 2.24) is 0 Å². The van der Waals surface area contributed by atoms with E-state index in [1.54, 1.807) is 0 Å². The lowest BCUT2D eigenvalue weighted by molar-refractivity contribution is 0.497. The first kappa shape index (κ1) is 18.5. The minimum Gasteiger partial charge on any atom is -0.412 e. The molecule has 0 fully saturated rings. The lowest BCUT2D eigenvalue weighted by atomic mass is 15.9. The van der Waals surface area contributed by atoms with Crippen molar-refractivity contribution in [2.24, 2.45) is 0 Å². The van der Waals surface area contributed by atoms with E-state index in [1.165, 1.54) is 0 Å². The molecular weight excluding hydrogens is 103 g/mol. The van der Waals surface area contributed by atoms with Crippen molar-refractivity contribution in [3.8, 4) is 0 Å². The lowest BCUT2D eigenvalue weighted by Gasteiger charge is -0.944. The first-order chi connectivity index (χ1) is 1.41. The summed E-state index contributed by atoms with van der Waals surface area (Å²) in [5.74, 6) is 0. The Bertz CT molecular complexity index is 27.9. The Morgan fingerprint density at radius 1 is 1.20 bits per heavy atom. The standard InChI is InChI=1S/Al.O2Si.H2O.3H/c;1-3-2;;;;/h;;1H2;;;. The molecule has 0 heterocycles. The van der Waals surface area contributed by atoms with Crippen molar-refractivity contribution in [3.63, 3.8) is 0 Å². The second kappa shape index (κ2) is 27.5. The third-order valence-corrected chi connectivity index (χ3v) is 0.